The molecule has 6 aromatic rings. The fourth-order valence-corrected chi connectivity index (χ4v) is 6.10. The summed E-state index contributed by atoms with van der Waals surface area (Å²) in [5, 5.41) is 32.4. The van der Waals surface area contributed by atoms with Gasteiger partial charge < -0.3 is 30.6 Å². The van der Waals surface area contributed by atoms with Crippen molar-refractivity contribution in [3.8, 4) is 5.75 Å². The number of amides is 2. The molecular formula is C36H25N7O9S2-2. The molecule has 0 aliphatic heterocycles. The summed E-state index contributed by atoms with van der Waals surface area (Å²) in [6.07, 6.45) is 0. The number of rotatable bonds is 10. The third-order valence-corrected chi connectivity index (χ3v) is 9.35. The summed E-state index contributed by atoms with van der Waals surface area (Å²) >= 11 is 0. The van der Waals surface area contributed by atoms with Gasteiger partial charge in [0.25, 0.3) is 11.8 Å². The van der Waals surface area contributed by atoms with Crippen LogP contribution in [0.2, 0.25) is 0 Å². The highest BCUT2D eigenvalue weighted by Crippen LogP contribution is 2.42. The predicted octanol–water partition coefficient (Wildman–Crippen LogP) is 7.27. The van der Waals surface area contributed by atoms with Gasteiger partial charge in [-0.15, -0.1) is 5.11 Å². The first-order chi connectivity index (χ1) is 25.6. The zero-order valence-corrected chi connectivity index (χ0v) is 29.1. The number of fused-ring (bicyclic) bond motifs is 1. The maximum atomic E-state index is 13.1. The minimum absolute atomic E-state index is 0.0993. The first kappa shape index (κ1) is 36.9. The monoisotopic (exact) mass is 763 g/mol. The van der Waals surface area contributed by atoms with Crippen molar-refractivity contribution in [2.24, 2.45) is 20.5 Å². The summed E-state index contributed by atoms with van der Waals surface area (Å²) in [7, 11) is -9.79. The zero-order valence-electron chi connectivity index (χ0n) is 27.4. The number of phenolic OH excluding ortho intramolecular Hbond substituents is 1. The molecule has 0 saturated carbocycles. The number of nitrogens with two attached hydrogens (primary N) is 1. The molecule has 0 aromatic heterocycles. The number of hydrogen-bond acceptors (Lipinski definition) is 14. The van der Waals surface area contributed by atoms with Crippen LogP contribution >= 0.6 is 0 Å². The van der Waals surface area contributed by atoms with Gasteiger partial charge >= 0.3 is 0 Å². The molecule has 0 saturated heterocycles. The third kappa shape index (κ3) is 8.77. The molecule has 6 aromatic carbocycles. The van der Waals surface area contributed by atoms with Gasteiger partial charge in [-0.1, -0.05) is 6.07 Å². The molecule has 0 aliphatic carbocycles. The van der Waals surface area contributed by atoms with E-state index >= 15 is 0 Å². The molecule has 16 nitrogen and oxygen atoms in total. The van der Waals surface area contributed by atoms with Crippen LogP contribution in [0.5, 0.6) is 5.75 Å². The second-order valence-electron chi connectivity index (χ2n) is 11.4. The maximum absolute atomic E-state index is 13.1. The molecule has 18 heteroatoms. The number of carbonyl (C=O) groups is 2. The molecule has 0 radical (unpaired) electrons. The topological polar surface area (TPSA) is 268 Å². The molecule has 0 atom stereocenters. The van der Waals surface area contributed by atoms with Crippen LogP contribution in [0.15, 0.2) is 152 Å². The lowest BCUT2D eigenvalue weighted by Gasteiger charge is -2.14. The summed E-state index contributed by atoms with van der Waals surface area (Å²) in [6.45, 7) is 0. The predicted molar refractivity (Wildman–Crippen MR) is 196 cm³/mol. The third-order valence-electron chi connectivity index (χ3n) is 7.66. The number of anilines is 3. The number of benzene rings is 6. The van der Waals surface area contributed by atoms with Crippen molar-refractivity contribution in [2.75, 3.05) is 16.4 Å². The summed E-state index contributed by atoms with van der Waals surface area (Å²) < 4.78 is 70.1. The minimum Gasteiger partial charge on any atom is -0.744 e. The van der Waals surface area contributed by atoms with E-state index in [9.17, 15) is 40.6 Å². The number of nitrogens with zero attached hydrogens (tertiary/aromatic N) is 4. The van der Waals surface area contributed by atoms with Crippen molar-refractivity contribution in [1.29, 1.82) is 0 Å². The molecule has 5 N–H and O–H groups in total. The molecule has 0 bridgehead atoms. The van der Waals surface area contributed by atoms with Crippen molar-refractivity contribution >= 4 is 82.6 Å². The Labute approximate surface area is 307 Å². The van der Waals surface area contributed by atoms with Gasteiger partial charge in [-0.25, -0.2) is 16.8 Å². The molecule has 6 rings (SSSR count). The number of azo groups is 2. The van der Waals surface area contributed by atoms with E-state index in [1.807, 2.05) is 0 Å². The summed E-state index contributed by atoms with van der Waals surface area (Å²) in [5.74, 6) is -1.62. The van der Waals surface area contributed by atoms with Crippen LogP contribution in [0.1, 0.15) is 20.7 Å². The molecule has 0 fully saturated rings. The van der Waals surface area contributed by atoms with E-state index in [-0.39, 0.29) is 33.4 Å². The van der Waals surface area contributed by atoms with Gasteiger partial charge in [-0.2, -0.15) is 15.3 Å². The Morgan fingerprint density at radius 2 is 1.13 bits per heavy atom. The first-order valence-corrected chi connectivity index (χ1v) is 18.3. The van der Waals surface area contributed by atoms with E-state index in [1.165, 1.54) is 66.7 Å². The quantitative estimate of drug-likeness (QED) is 0.0615. The van der Waals surface area contributed by atoms with Crippen molar-refractivity contribution < 1.29 is 40.6 Å². The van der Waals surface area contributed by atoms with Gasteiger partial charge in [0.2, 0.25) is 0 Å². The summed E-state index contributed by atoms with van der Waals surface area (Å²) in [4.78, 5) is 24.5. The largest absolute Gasteiger partial charge is 0.744 e. The van der Waals surface area contributed by atoms with Crippen LogP contribution in [0, 0.1) is 0 Å². The van der Waals surface area contributed by atoms with E-state index < -0.39 is 53.3 Å². The van der Waals surface area contributed by atoms with Gasteiger partial charge in [-0.05, 0) is 121 Å². The van der Waals surface area contributed by atoms with Crippen molar-refractivity contribution in [3.63, 3.8) is 0 Å². The molecule has 0 spiro atoms. The Morgan fingerprint density at radius 3 is 1.70 bits per heavy atom. The summed E-state index contributed by atoms with van der Waals surface area (Å²) in [6, 6.07) is 28.4. The van der Waals surface area contributed by atoms with E-state index in [4.69, 9.17) is 5.73 Å². The number of carbonyl (C=O) groups excluding carboxylic acids is 2. The molecule has 0 heterocycles. The van der Waals surface area contributed by atoms with Crippen molar-refractivity contribution in [2.45, 2.75) is 9.79 Å². The average Bonchev–Trinajstić information content (AvgIpc) is 3.13. The molecule has 0 unspecified atom stereocenters. The fourth-order valence-electron chi connectivity index (χ4n) is 4.98. The number of phenols is 1. The second-order valence-corrected chi connectivity index (χ2v) is 14.2. The number of nitrogens with one attached hydrogen (secondary N) is 2. The number of aromatic hydroxyl groups is 1. The number of hydrogen-bond donors (Lipinski definition) is 4. The minimum atomic E-state index is -5.19. The van der Waals surface area contributed by atoms with Gasteiger partial charge in [0.1, 0.15) is 25.9 Å². The lowest BCUT2D eigenvalue weighted by Crippen LogP contribution is -2.14. The average molecular weight is 764 g/mol. The van der Waals surface area contributed by atoms with Crippen LogP contribution in [-0.2, 0) is 20.2 Å². The Balaban J connectivity index is 1.19. The summed E-state index contributed by atoms with van der Waals surface area (Å²) in [5.41, 5.74) is 7.51. The molecule has 0 aliphatic rings. The second kappa shape index (κ2) is 15.0. The fraction of sp³-hybridized carbons (Fsp3) is 0. The van der Waals surface area contributed by atoms with E-state index in [1.54, 1.807) is 36.4 Å². The van der Waals surface area contributed by atoms with E-state index in [0.29, 0.717) is 22.6 Å². The molecular weight excluding hydrogens is 739 g/mol. The molecule has 2 amide bonds. The normalized spacial score (nSPS) is 12.0. The highest BCUT2D eigenvalue weighted by Gasteiger charge is 2.19. The Morgan fingerprint density at radius 1 is 0.593 bits per heavy atom. The number of nitrogen functional groups attached to an aromatic ring is 1. The van der Waals surface area contributed by atoms with Gasteiger partial charge in [0.05, 0.1) is 26.9 Å². The first-order valence-electron chi connectivity index (χ1n) is 15.5. The van der Waals surface area contributed by atoms with E-state index in [2.05, 4.69) is 31.1 Å². The zero-order chi connectivity index (χ0) is 38.6. The molecule has 54 heavy (non-hydrogen) atoms. The van der Waals surface area contributed by atoms with Crippen LogP contribution in [0.4, 0.5) is 39.8 Å². The van der Waals surface area contributed by atoms with Gasteiger partial charge in [0, 0.05) is 33.6 Å². The van der Waals surface area contributed by atoms with Crippen molar-refractivity contribution in [1.82, 2.24) is 0 Å². The smallest absolute Gasteiger partial charge is 0.255 e. The standard InChI is InChI=1S/C36H27N7O9S2/c37-24-6-4-21(5-7-24)35(45)38-28-3-1-2-22(18-28)36(46)39-29-14-17-31-23(19-29)20-32(54(50,51)52)33(34(31)44)43-42-26-10-8-25(9-11-26)40-41-27-12-15-30(16-13-27)53(47,48)49/h1-20,44H,37H2,(H,38,45)(H,39,46)(H,47,48,49)(H,50,51,52)/p-2. The Kier molecular flexibility index (Phi) is 10.3. The Bertz CT molecular complexity index is 2700. The van der Waals surface area contributed by atoms with Crippen LogP contribution in [0.25, 0.3) is 10.8 Å². The van der Waals surface area contributed by atoms with E-state index in [0.717, 1.165) is 18.2 Å². The highest BCUT2D eigenvalue weighted by molar-refractivity contribution is 7.86. The highest BCUT2D eigenvalue weighted by atomic mass is 32.2. The van der Waals surface area contributed by atoms with Gasteiger partial charge in [-0.3, -0.25) is 9.59 Å². The maximum Gasteiger partial charge on any atom is 0.255 e. The van der Waals surface area contributed by atoms with Crippen LogP contribution < -0.4 is 16.4 Å². The van der Waals surface area contributed by atoms with Crippen molar-refractivity contribution in [3.05, 3.63) is 132 Å². The SMILES string of the molecule is Nc1ccc(C(=O)Nc2cccc(C(=O)Nc3ccc4c(O)c(N=Nc5ccc(N=Nc6ccc(S(=O)(=O)[O-])cc6)cc5)c(S(=O)(=O)[O-])cc4c3)c2)cc1. The van der Waals surface area contributed by atoms with Crippen LogP contribution in [-0.4, -0.2) is 42.9 Å². The lowest BCUT2D eigenvalue weighted by molar-refractivity contribution is 0.101. The lowest BCUT2D eigenvalue weighted by atomic mass is 10.1. The molecule has 272 valence electrons. The Hall–Kier alpha value is -6.86. The van der Waals surface area contributed by atoms with Gasteiger partial charge in [0.15, 0.2) is 5.75 Å². The van der Waals surface area contributed by atoms with Crippen LogP contribution in [0.3, 0.4) is 0 Å².